The van der Waals surface area contributed by atoms with Gasteiger partial charge in [0.05, 0.1) is 29.1 Å². The molecular formula is C19H20N4O5S2. The predicted molar refractivity (Wildman–Crippen MR) is 111 cm³/mol. The fourth-order valence-corrected chi connectivity index (χ4v) is 5.01. The molecule has 4 rings (SSSR count). The molecule has 1 aliphatic rings. The molecule has 1 saturated heterocycles. The third-order valence-corrected chi connectivity index (χ3v) is 7.46. The first-order valence-corrected chi connectivity index (χ1v) is 11.5. The fourth-order valence-electron chi connectivity index (χ4n) is 3.22. The number of ether oxygens (including phenoxy) is 1. The van der Waals surface area contributed by atoms with E-state index < -0.39 is 10.0 Å². The van der Waals surface area contributed by atoms with Crippen LogP contribution in [0, 0.1) is 0 Å². The van der Waals surface area contributed by atoms with Gasteiger partial charge < -0.3 is 14.2 Å². The molecule has 0 unspecified atom stereocenters. The van der Waals surface area contributed by atoms with Crippen molar-refractivity contribution in [1.82, 2.24) is 14.4 Å². The Morgan fingerprint density at radius 2 is 2.17 bits per heavy atom. The number of benzene rings is 1. The largest absolute Gasteiger partial charge is 0.495 e. The van der Waals surface area contributed by atoms with Crippen molar-refractivity contribution in [3.8, 4) is 16.5 Å². The van der Waals surface area contributed by atoms with Gasteiger partial charge in [-0.1, -0.05) is 11.2 Å². The highest BCUT2D eigenvalue weighted by Crippen LogP contribution is 2.34. The highest BCUT2D eigenvalue weighted by atomic mass is 32.2. The van der Waals surface area contributed by atoms with Crippen LogP contribution in [0.25, 0.3) is 10.7 Å². The van der Waals surface area contributed by atoms with Crippen molar-refractivity contribution in [3.05, 3.63) is 41.6 Å². The number of hydrogen-bond donors (Lipinski definition) is 0. The molecule has 0 spiro atoms. The number of amides is 1. The molecule has 0 bridgehead atoms. The lowest BCUT2D eigenvalue weighted by Gasteiger charge is -2.21. The van der Waals surface area contributed by atoms with Gasteiger partial charge in [-0.25, -0.2) is 8.42 Å². The van der Waals surface area contributed by atoms with Crippen molar-refractivity contribution in [2.45, 2.75) is 24.3 Å². The van der Waals surface area contributed by atoms with E-state index in [1.165, 1.54) is 37.6 Å². The Morgan fingerprint density at radius 1 is 1.33 bits per heavy atom. The molecule has 30 heavy (non-hydrogen) atoms. The molecule has 3 aromatic rings. The van der Waals surface area contributed by atoms with E-state index in [-0.39, 0.29) is 23.2 Å². The smallest absolute Gasteiger partial charge is 0.243 e. The van der Waals surface area contributed by atoms with Gasteiger partial charge in [0.15, 0.2) is 0 Å². The summed E-state index contributed by atoms with van der Waals surface area (Å²) in [7, 11) is -0.935. The summed E-state index contributed by atoms with van der Waals surface area (Å²) in [6.07, 6.45) is 1.16. The number of hydrogen-bond acceptors (Lipinski definition) is 8. The summed E-state index contributed by atoms with van der Waals surface area (Å²) in [6.45, 7) is 0.451. The van der Waals surface area contributed by atoms with E-state index >= 15 is 0 Å². The number of carbonyl (C=O) groups excluding carboxylic acids is 1. The second-order valence-corrected chi connectivity index (χ2v) is 9.73. The summed E-state index contributed by atoms with van der Waals surface area (Å²) >= 11 is 1.47. The van der Waals surface area contributed by atoms with E-state index in [4.69, 9.17) is 9.26 Å². The van der Waals surface area contributed by atoms with Crippen molar-refractivity contribution in [3.63, 3.8) is 0 Å². The van der Waals surface area contributed by atoms with Crippen LogP contribution in [-0.2, 0) is 21.4 Å². The van der Waals surface area contributed by atoms with Gasteiger partial charge >= 0.3 is 0 Å². The first-order chi connectivity index (χ1) is 14.4. The highest BCUT2D eigenvalue weighted by molar-refractivity contribution is 7.89. The second kappa shape index (κ2) is 8.17. The lowest BCUT2D eigenvalue weighted by atomic mass is 10.2. The number of methoxy groups -OCH3 is 1. The number of aromatic nitrogens is 2. The van der Waals surface area contributed by atoms with Crippen LogP contribution in [-0.4, -0.2) is 49.5 Å². The second-order valence-electron chi connectivity index (χ2n) is 6.73. The van der Waals surface area contributed by atoms with Crippen LogP contribution in [0.3, 0.4) is 0 Å². The average Bonchev–Trinajstić information content (AvgIpc) is 3.49. The van der Waals surface area contributed by atoms with Crippen LogP contribution < -0.4 is 9.64 Å². The van der Waals surface area contributed by atoms with E-state index in [1.807, 2.05) is 17.5 Å². The van der Waals surface area contributed by atoms with Crippen LogP contribution in [0.5, 0.6) is 5.75 Å². The number of nitrogens with zero attached hydrogens (tertiary/aromatic N) is 4. The lowest BCUT2D eigenvalue weighted by molar-refractivity contribution is -0.117. The Morgan fingerprint density at radius 3 is 2.83 bits per heavy atom. The molecule has 0 radical (unpaired) electrons. The summed E-state index contributed by atoms with van der Waals surface area (Å²) in [4.78, 5) is 18.9. The predicted octanol–water partition coefficient (Wildman–Crippen LogP) is 2.75. The van der Waals surface area contributed by atoms with Crippen LogP contribution >= 0.6 is 11.3 Å². The molecule has 1 fully saturated rings. The first-order valence-electron chi connectivity index (χ1n) is 9.21. The molecule has 3 heterocycles. The number of anilines is 1. The van der Waals surface area contributed by atoms with Gasteiger partial charge in [-0.3, -0.25) is 4.79 Å². The SMILES string of the molecule is COc1ccc(S(=O)(=O)N(C)Cc2nc(-c3cccs3)no2)cc1N1CCCC1=O. The Bertz CT molecular complexity index is 1160. The maximum atomic E-state index is 13.1. The third kappa shape index (κ3) is 3.83. The van der Waals surface area contributed by atoms with Gasteiger partial charge in [-0.2, -0.15) is 9.29 Å². The number of carbonyl (C=O) groups is 1. The monoisotopic (exact) mass is 448 g/mol. The molecule has 0 atom stereocenters. The van der Waals surface area contributed by atoms with Gasteiger partial charge in [0, 0.05) is 20.0 Å². The Balaban J connectivity index is 1.59. The van der Waals surface area contributed by atoms with Crippen molar-refractivity contribution >= 4 is 33.0 Å². The number of rotatable bonds is 7. The summed E-state index contributed by atoms with van der Waals surface area (Å²) in [5.41, 5.74) is 0.451. The number of sulfonamides is 1. The summed E-state index contributed by atoms with van der Waals surface area (Å²) in [5, 5.41) is 5.80. The van der Waals surface area contributed by atoms with E-state index in [2.05, 4.69) is 10.1 Å². The maximum absolute atomic E-state index is 13.1. The Labute approximate surface area is 177 Å². The van der Waals surface area contributed by atoms with E-state index in [1.54, 1.807) is 11.0 Å². The molecule has 1 aromatic carbocycles. The Hall–Kier alpha value is -2.76. The van der Waals surface area contributed by atoms with Gasteiger partial charge in [0.1, 0.15) is 5.75 Å². The quantitative estimate of drug-likeness (QED) is 0.547. The minimum atomic E-state index is -3.86. The zero-order chi connectivity index (χ0) is 21.3. The van der Waals surface area contributed by atoms with Crippen LogP contribution in [0.4, 0.5) is 5.69 Å². The van der Waals surface area contributed by atoms with Crippen LogP contribution in [0.15, 0.2) is 45.1 Å². The van der Waals surface area contributed by atoms with Crippen molar-refractivity contribution in [2.24, 2.45) is 0 Å². The lowest BCUT2D eigenvalue weighted by Crippen LogP contribution is -2.28. The molecule has 1 amide bonds. The molecule has 2 aromatic heterocycles. The molecule has 11 heteroatoms. The topological polar surface area (TPSA) is 106 Å². The van der Waals surface area contributed by atoms with E-state index in [0.717, 1.165) is 15.6 Å². The van der Waals surface area contributed by atoms with E-state index in [9.17, 15) is 13.2 Å². The third-order valence-electron chi connectivity index (χ3n) is 4.79. The zero-order valence-corrected chi connectivity index (χ0v) is 18.1. The number of thiophene rings is 1. The molecule has 158 valence electrons. The molecule has 0 N–H and O–H groups in total. The van der Waals surface area contributed by atoms with Crippen molar-refractivity contribution in [2.75, 3.05) is 25.6 Å². The van der Waals surface area contributed by atoms with Crippen molar-refractivity contribution < 1.29 is 22.5 Å². The first kappa shape index (κ1) is 20.5. The normalized spacial score (nSPS) is 14.6. The fraction of sp³-hybridized carbons (Fsp3) is 0.316. The summed E-state index contributed by atoms with van der Waals surface area (Å²) in [6, 6.07) is 8.22. The van der Waals surface area contributed by atoms with Crippen molar-refractivity contribution in [1.29, 1.82) is 0 Å². The zero-order valence-electron chi connectivity index (χ0n) is 16.4. The Kier molecular flexibility index (Phi) is 5.58. The molecule has 1 aliphatic heterocycles. The van der Waals surface area contributed by atoms with Crippen LogP contribution in [0.2, 0.25) is 0 Å². The van der Waals surface area contributed by atoms with Gasteiger partial charge in [0.2, 0.25) is 27.6 Å². The molecule has 0 saturated carbocycles. The molecule has 0 aliphatic carbocycles. The highest BCUT2D eigenvalue weighted by Gasteiger charge is 2.29. The average molecular weight is 449 g/mol. The standard InChI is InChI=1S/C19H20N4O5S2/c1-22(12-17-20-19(21-28-17)16-5-4-10-29-16)30(25,26)13-7-8-15(27-2)14(11-13)23-9-3-6-18(23)24/h4-5,7-8,10-11H,3,6,9,12H2,1-2H3. The summed E-state index contributed by atoms with van der Waals surface area (Å²) < 4.78 is 37.9. The minimum absolute atomic E-state index is 0.0526. The summed E-state index contributed by atoms with van der Waals surface area (Å²) in [5.74, 6) is 1.01. The van der Waals surface area contributed by atoms with E-state index in [0.29, 0.717) is 30.2 Å². The molecule has 9 nitrogen and oxygen atoms in total. The minimum Gasteiger partial charge on any atom is -0.495 e. The molecular weight excluding hydrogens is 428 g/mol. The van der Waals surface area contributed by atoms with Crippen LogP contribution in [0.1, 0.15) is 18.7 Å². The van der Waals surface area contributed by atoms with Gasteiger partial charge in [0.25, 0.3) is 0 Å². The maximum Gasteiger partial charge on any atom is 0.243 e. The van der Waals surface area contributed by atoms with Gasteiger partial charge in [-0.05, 0) is 36.1 Å². The van der Waals surface area contributed by atoms with Gasteiger partial charge in [-0.15, -0.1) is 11.3 Å².